The lowest BCUT2D eigenvalue weighted by molar-refractivity contribution is 0.0697. The zero-order chi connectivity index (χ0) is 29.1. The number of aromatic carboxylic acids is 1. The molecule has 9 nitrogen and oxygen atoms in total. The number of nitrogens with zero attached hydrogens (tertiary/aromatic N) is 4. The maximum absolute atomic E-state index is 15.3. The van der Waals surface area contributed by atoms with Crippen molar-refractivity contribution in [2.24, 2.45) is 0 Å². The number of hydrogen-bond acceptors (Lipinski definition) is 6. The maximum Gasteiger partial charge on any atom is 0.335 e. The van der Waals surface area contributed by atoms with E-state index < -0.39 is 23.2 Å². The predicted octanol–water partition coefficient (Wildman–Crippen LogP) is 4.82. The topological polar surface area (TPSA) is 108 Å². The zero-order valence-corrected chi connectivity index (χ0v) is 22.3. The highest BCUT2D eigenvalue weighted by Crippen LogP contribution is 2.24. The maximum atomic E-state index is 15.3. The van der Waals surface area contributed by atoms with Crippen LogP contribution in [0, 0.1) is 18.6 Å². The third-order valence-corrected chi connectivity index (χ3v) is 6.57. The zero-order valence-electron chi connectivity index (χ0n) is 22.3. The number of carboxylic acid groups (broad SMARTS) is 1. The molecule has 41 heavy (non-hydrogen) atoms. The quantitative estimate of drug-likeness (QED) is 0.261. The lowest BCUT2D eigenvalue weighted by atomic mass is 10.1. The molecule has 11 heteroatoms. The molecule has 5 aromatic rings. The lowest BCUT2D eigenvalue weighted by Crippen LogP contribution is -2.23. The van der Waals surface area contributed by atoms with Crippen LogP contribution in [-0.2, 0) is 24.4 Å². The Hall–Kier alpha value is -4.90. The number of imidazole rings is 1. The van der Waals surface area contributed by atoms with Crippen LogP contribution in [-0.4, -0.2) is 43.9 Å². The number of carboxylic acids is 1. The lowest BCUT2D eigenvalue weighted by Gasteiger charge is -2.12. The molecule has 0 bridgehead atoms. The molecule has 0 aliphatic carbocycles. The second-order valence-electron chi connectivity index (χ2n) is 9.43. The fraction of sp³-hybridized carbons (Fsp3) is 0.200. The number of fused-ring (bicyclic) bond motifs is 1. The van der Waals surface area contributed by atoms with E-state index in [0.29, 0.717) is 35.6 Å². The molecule has 3 aromatic heterocycles. The van der Waals surface area contributed by atoms with E-state index in [0.717, 1.165) is 17.8 Å². The van der Waals surface area contributed by atoms with Gasteiger partial charge in [-0.1, -0.05) is 18.2 Å². The molecule has 5 rings (SSSR count). The van der Waals surface area contributed by atoms with Crippen molar-refractivity contribution in [1.82, 2.24) is 19.1 Å². The molecule has 0 amide bonds. The van der Waals surface area contributed by atoms with Crippen LogP contribution >= 0.6 is 0 Å². The van der Waals surface area contributed by atoms with Gasteiger partial charge in [0.1, 0.15) is 24.1 Å². The van der Waals surface area contributed by atoms with Crippen molar-refractivity contribution in [3.8, 4) is 17.1 Å². The number of hydrogen-bond donors (Lipinski definition) is 1. The summed E-state index contributed by atoms with van der Waals surface area (Å²) >= 11 is 0. The van der Waals surface area contributed by atoms with Crippen LogP contribution in [0.2, 0.25) is 0 Å². The van der Waals surface area contributed by atoms with Gasteiger partial charge in [0.25, 0.3) is 5.56 Å². The Morgan fingerprint density at radius 3 is 2.61 bits per heavy atom. The summed E-state index contributed by atoms with van der Waals surface area (Å²) in [5, 5.41) is 9.39. The molecule has 0 saturated carbocycles. The molecular weight excluding hydrogens is 534 g/mol. The number of aryl methyl sites for hydroxylation is 1. The first-order valence-electron chi connectivity index (χ1n) is 12.7. The second-order valence-corrected chi connectivity index (χ2v) is 9.43. The van der Waals surface area contributed by atoms with Gasteiger partial charge in [0, 0.05) is 43.1 Å². The number of methoxy groups -OCH3 is 1. The van der Waals surface area contributed by atoms with E-state index in [-0.39, 0.29) is 35.9 Å². The van der Waals surface area contributed by atoms with Crippen molar-refractivity contribution in [2.45, 2.75) is 26.6 Å². The van der Waals surface area contributed by atoms with Crippen molar-refractivity contribution in [1.29, 1.82) is 0 Å². The highest BCUT2D eigenvalue weighted by Gasteiger charge is 2.17. The van der Waals surface area contributed by atoms with Gasteiger partial charge in [0.2, 0.25) is 5.88 Å². The number of ether oxygens (including phenoxy) is 2. The number of halogens is 2. The summed E-state index contributed by atoms with van der Waals surface area (Å²) in [6, 6.07) is 15.2. The van der Waals surface area contributed by atoms with Gasteiger partial charge in [-0.25, -0.2) is 23.5 Å². The highest BCUT2D eigenvalue weighted by molar-refractivity contribution is 5.92. The van der Waals surface area contributed by atoms with Gasteiger partial charge >= 0.3 is 5.97 Å². The van der Waals surface area contributed by atoms with Crippen LogP contribution in [0.25, 0.3) is 22.3 Å². The van der Waals surface area contributed by atoms with Gasteiger partial charge in [-0.2, -0.15) is 0 Å². The Morgan fingerprint density at radius 2 is 1.85 bits per heavy atom. The molecule has 0 aliphatic rings. The normalized spacial score (nSPS) is 11.2. The average Bonchev–Trinajstić information content (AvgIpc) is 3.29. The Bertz CT molecular complexity index is 1820. The molecule has 0 fully saturated rings. The SMILES string of the molecule is COCCn1c(Cn2cc(F)c(-c3cccc(OCc4ccc(C)cc4F)n3)cc2=O)nc2ccc(C(=O)O)cc21. The summed E-state index contributed by atoms with van der Waals surface area (Å²) < 4.78 is 43.3. The fourth-order valence-corrected chi connectivity index (χ4v) is 4.44. The number of benzene rings is 2. The number of pyridine rings is 2. The van der Waals surface area contributed by atoms with Gasteiger partial charge < -0.3 is 23.7 Å². The van der Waals surface area contributed by atoms with Crippen LogP contribution in [0.5, 0.6) is 5.88 Å². The van der Waals surface area contributed by atoms with Gasteiger partial charge in [0.15, 0.2) is 0 Å². The molecule has 210 valence electrons. The van der Waals surface area contributed by atoms with Crippen LogP contribution in [0.1, 0.15) is 27.3 Å². The minimum absolute atomic E-state index is 0.0165. The van der Waals surface area contributed by atoms with E-state index in [1.807, 2.05) is 0 Å². The van der Waals surface area contributed by atoms with Gasteiger partial charge in [-0.3, -0.25) is 4.79 Å². The molecule has 0 radical (unpaired) electrons. The Balaban J connectivity index is 1.42. The number of carbonyl (C=O) groups is 1. The third-order valence-electron chi connectivity index (χ3n) is 6.57. The molecular formula is C30H26F2N4O5. The highest BCUT2D eigenvalue weighted by atomic mass is 19.1. The number of aromatic nitrogens is 4. The minimum Gasteiger partial charge on any atom is -0.478 e. The standard InChI is InChI=1S/C30H26F2N4O5/c1-18-6-7-20(22(31)12-18)17-41-28-5-3-4-24(34-28)21-14-29(37)35(15-23(21)32)16-27-33-25-9-8-19(30(38)39)13-26(25)36(27)10-11-40-2/h3-9,12-15H,10-11,16-17H2,1-2H3,(H,38,39). The smallest absolute Gasteiger partial charge is 0.335 e. The molecule has 2 aromatic carbocycles. The molecule has 0 atom stereocenters. The van der Waals surface area contributed by atoms with Crippen LogP contribution < -0.4 is 10.3 Å². The van der Waals surface area contributed by atoms with Crippen molar-refractivity contribution in [3.05, 3.63) is 111 Å². The average molecular weight is 561 g/mol. The van der Waals surface area contributed by atoms with E-state index in [2.05, 4.69) is 9.97 Å². The molecule has 0 unspecified atom stereocenters. The molecule has 1 N–H and O–H groups in total. The summed E-state index contributed by atoms with van der Waals surface area (Å²) in [5.41, 5.74) is 2.01. The van der Waals surface area contributed by atoms with E-state index in [1.165, 1.54) is 29.9 Å². The number of rotatable bonds is 10. The van der Waals surface area contributed by atoms with Crippen LogP contribution in [0.3, 0.4) is 0 Å². The summed E-state index contributed by atoms with van der Waals surface area (Å²) in [6.45, 7) is 2.33. The van der Waals surface area contributed by atoms with E-state index >= 15 is 4.39 Å². The summed E-state index contributed by atoms with van der Waals surface area (Å²) in [7, 11) is 1.54. The van der Waals surface area contributed by atoms with Crippen LogP contribution in [0.15, 0.2) is 71.7 Å². The van der Waals surface area contributed by atoms with E-state index in [4.69, 9.17) is 9.47 Å². The summed E-state index contributed by atoms with van der Waals surface area (Å²) in [6.07, 6.45) is 1.08. The van der Waals surface area contributed by atoms with E-state index in [1.54, 1.807) is 47.9 Å². The van der Waals surface area contributed by atoms with Crippen molar-refractivity contribution >= 4 is 17.0 Å². The Morgan fingerprint density at radius 1 is 1.02 bits per heavy atom. The van der Waals surface area contributed by atoms with Gasteiger partial charge in [-0.05, 0) is 42.8 Å². The van der Waals surface area contributed by atoms with Gasteiger partial charge in [-0.15, -0.1) is 0 Å². The van der Waals surface area contributed by atoms with Crippen molar-refractivity contribution < 1.29 is 28.2 Å². The summed E-state index contributed by atoms with van der Waals surface area (Å²) in [4.78, 5) is 33.4. The Kier molecular flexibility index (Phi) is 7.88. The fourth-order valence-electron chi connectivity index (χ4n) is 4.44. The molecule has 0 saturated heterocycles. The molecule has 0 spiro atoms. The van der Waals surface area contributed by atoms with Crippen molar-refractivity contribution in [3.63, 3.8) is 0 Å². The van der Waals surface area contributed by atoms with Crippen molar-refractivity contribution in [2.75, 3.05) is 13.7 Å². The monoisotopic (exact) mass is 560 g/mol. The molecule has 0 aliphatic heterocycles. The van der Waals surface area contributed by atoms with E-state index in [9.17, 15) is 19.1 Å². The minimum atomic E-state index is -1.08. The predicted molar refractivity (Wildman–Crippen MR) is 147 cm³/mol. The largest absolute Gasteiger partial charge is 0.478 e. The van der Waals surface area contributed by atoms with Gasteiger partial charge in [0.05, 0.1) is 35.4 Å². The van der Waals surface area contributed by atoms with Crippen LogP contribution in [0.4, 0.5) is 8.78 Å². The second kappa shape index (κ2) is 11.7. The Labute approximate surface area is 233 Å². The third kappa shape index (κ3) is 5.99. The first-order valence-corrected chi connectivity index (χ1v) is 12.7. The first kappa shape index (κ1) is 27.7. The first-order chi connectivity index (χ1) is 19.7. The summed E-state index contributed by atoms with van der Waals surface area (Å²) in [5.74, 6) is -1.57. The molecule has 3 heterocycles.